The van der Waals surface area contributed by atoms with Gasteiger partial charge >= 0.3 is 0 Å². The molecule has 0 fully saturated rings. The molecule has 0 aliphatic rings. The maximum Gasteiger partial charge on any atom is 0.0458 e. The molecular weight excluding hydrogens is 148 g/mol. The van der Waals surface area contributed by atoms with E-state index in [0.29, 0.717) is 5.41 Å². The van der Waals surface area contributed by atoms with E-state index in [1.807, 2.05) is 0 Å². The van der Waals surface area contributed by atoms with Gasteiger partial charge in [0.1, 0.15) is 0 Å². The number of hydrogen-bond acceptors (Lipinski definition) is 2. The highest BCUT2D eigenvalue weighted by Crippen LogP contribution is 2.09. The van der Waals surface area contributed by atoms with Crippen LogP contribution in [-0.4, -0.2) is 18.8 Å². The van der Waals surface area contributed by atoms with Crippen molar-refractivity contribution in [1.29, 1.82) is 0 Å². The summed E-state index contributed by atoms with van der Waals surface area (Å²) in [7, 11) is 0. The first-order valence-corrected chi connectivity index (χ1v) is 4.66. The summed E-state index contributed by atoms with van der Waals surface area (Å²) in [4.78, 5) is 0. The molecule has 74 valence electrons. The fourth-order valence-corrected chi connectivity index (χ4v) is 0.765. The van der Waals surface area contributed by atoms with Crippen LogP contribution in [0, 0.1) is 5.41 Å². The Morgan fingerprint density at radius 1 is 0.917 bits per heavy atom. The monoisotopic (exact) mass is 172 g/mol. The van der Waals surface area contributed by atoms with E-state index in [0.717, 1.165) is 13.2 Å². The second-order valence-electron chi connectivity index (χ2n) is 5.59. The van der Waals surface area contributed by atoms with Crippen molar-refractivity contribution in [3.63, 3.8) is 0 Å². The molecule has 0 aliphatic carbocycles. The third kappa shape index (κ3) is 9.92. The second-order valence-corrected chi connectivity index (χ2v) is 5.59. The molecular formula is C10H24N2. The molecule has 2 heteroatoms. The van der Waals surface area contributed by atoms with Crippen LogP contribution < -0.4 is 10.6 Å². The average molecular weight is 172 g/mol. The Kier molecular flexibility index (Phi) is 4.21. The molecule has 2 nitrogen and oxygen atoms in total. The van der Waals surface area contributed by atoms with Crippen molar-refractivity contribution in [3.8, 4) is 0 Å². The number of hydrogen-bond donors (Lipinski definition) is 2. The third-order valence-corrected chi connectivity index (χ3v) is 1.40. The molecule has 0 saturated carbocycles. The minimum Gasteiger partial charge on any atom is -0.304 e. The Hall–Kier alpha value is -0.0800. The van der Waals surface area contributed by atoms with E-state index in [9.17, 15) is 0 Å². The van der Waals surface area contributed by atoms with Gasteiger partial charge in [0, 0.05) is 18.8 Å². The molecule has 0 aromatic carbocycles. The molecule has 0 radical (unpaired) electrons. The van der Waals surface area contributed by atoms with E-state index in [-0.39, 0.29) is 5.54 Å². The summed E-state index contributed by atoms with van der Waals surface area (Å²) < 4.78 is 0. The lowest BCUT2D eigenvalue weighted by Gasteiger charge is -2.24. The molecule has 0 unspecified atom stereocenters. The first kappa shape index (κ1) is 11.9. The van der Waals surface area contributed by atoms with Crippen molar-refractivity contribution in [2.75, 3.05) is 13.2 Å². The molecule has 0 saturated heterocycles. The third-order valence-electron chi connectivity index (χ3n) is 1.40. The predicted octanol–water partition coefficient (Wildman–Crippen LogP) is 1.97. The molecule has 0 rings (SSSR count). The maximum atomic E-state index is 3.38. The average Bonchev–Trinajstić information content (AvgIpc) is 1.76. The van der Waals surface area contributed by atoms with Gasteiger partial charge in [0.15, 0.2) is 0 Å². The highest BCUT2D eigenvalue weighted by atomic mass is 15.1. The fraction of sp³-hybridized carbons (Fsp3) is 1.00. The molecule has 0 spiro atoms. The summed E-state index contributed by atoms with van der Waals surface area (Å²) in [6, 6.07) is 0. The van der Waals surface area contributed by atoms with Crippen molar-refractivity contribution < 1.29 is 0 Å². The molecule has 0 heterocycles. The Morgan fingerprint density at radius 3 is 1.75 bits per heavy atom. The lowest BCUT2D eigenvalue weighted by molar-refractivity contribution is 0.342. The van der Waals surface area contributed by atoms with Crippen molar-refractivity contribution in [3.05, 3.63) is 0 Å². The highest BCUT2D eigenvalue weighted by Gasteiger charge is 2.10. The van der Waals surface area contributed by atoms with Crippen molar-refractivity contribution >= 4 is 0 Å². The van der Waals surface area contributed by atoms with Crippen LogP contribution in [0.5, 0.6) is 0 Å². The van der Waals surface area contributed by atoms with Gasteiger partial charge in [-0.1, -0.05) is 20.8 Å². The van der Waals surface area contributed by atoms with Crippen LogP contribution in [0.15, 0.2) is 0 Å². The topological polar surface area (TPSA) is 24.1 Å². The van der Waals surface area contributed by atoms with Crippen molar-refractivity contribution in [2.45, 2.75) is 47.1 Å². The van der Waals surface area contributed by atoms with Gasteiger partial charge in [-0.15, -0.1) is 0 Å². The lowest BCUT2D eigenvalue weighted by atomic mass is 9.97. The van der Waals surface area contributed by atoms with E-state index >= 15 is 0 Å². The molecule has 0 aliphatic heterocycles. The zero-order valence-corrected chi connectivity index (χ0v) is 9.41. The van der Waals surface area contributed by atoms with E-state index < -0.39 is 0 Å². The lowest BCUT2D eigenvalue weighted by Crippen LogP contribution is -2.43. The van der Waals surface area contributed by atoms with Gasteiger partial charge in [-0.2, -0.15) is 0 Å². The van der Waals surface area contributed by atoms with Gasteiger partial charge in [0.05, 0.1) is 0 Å². The van der Waals surface area contributed by atoms with Gasteiger partial charge in [-0.25, -0.2) is 0 Å². The van der Waals surface area contributed by atoms with Gasteiger partial charge in [0.2, 0.25) is 0 Å². The summed E-state index contributed by atoms with van der Waals surface area (Å²) in [6.45, 7) is 15.2. The molecule has 0 atom stereocenters. The molecule has 0 aromatic heterocycles. The summed E-state index contributed by atoms with van der Waals surface area (Å²) in [5.41, 5.74) is 0.588. The zero-order chi connectivity index (χ0) is 9.83. The van der Waals surface area contributed by atoms with E-state index in [4.69, 9.17) is 0 Å². The van der Waals surface area contributed by atoms with E-state index in [1.54, 1.807) is 0 Å². The molecule has 0 amide bonds. The Morgan fingerprint density at radius 2 is 1.42 bits per heavy atom. The standard InChI is InChI=1S/C10H24N2/c1-9(2,3)7-11-8-12-10(4,5)6/h11-12H,7-8H2,1-6H3. The molecule has 12 heavy (non-hydrogen) atoms. The summed E-state index contributed by atoms with van der Waals surface area (Å²) >= 11 is 0. The predicted molar refractivity (Wildman–Crippen MR) is 55.2 cm³/mol. The fourth-order valence-electron chi connectivity index (χ4n) is 0.765. The Labute approximate surface area is 77.1 Å². The largest absolute Gasteiger partial charge is 0.304 e. The van der Waals surface area contributed by atoms with Crippen LogP contribution in [0.25, 0.3) is 0 Å². The van der Waals surface area contributed by atoms with Crippen LogP contribution in [0.4, 0.5) is 0 Å². The van der Waals surface area contributed by atoms with Gasteiger partial charge in [0.25, 0.3) is 0 Å². The van der Waals surface area contributed by atoms with Crippen molar-refractivity contribution in [2.24, 2.45) is 5.41 Å². The van der Waals surface area contributed by atoms with Crippen LogP contribution in [0.2, 0.25) is 0 Å². The maximum absolute atomic E-state index is 3.38. The highest BCUT2D eigenvalue weighted by molar-refractivity contribution is 4.70. The van der Waals surface area contributed by atoms with Crippen LogP contribution in [0.3, 0.4) is 0 Å². The van der Waals surface area contributed by atoms with Crippen molar-refractivity contribution in [1.82, 2.24) is 10.6 Å². The smallest absolute Gasteiger partial charge is 0.0458 e. The first-order valence-electron chi connectivity index (χ1n) is 4.66. The quantitative estimate of drug-likeness (QED) is 0.502. The van der Waals surface area contributed by atoms with Gasteiger partial charge < -0.3 is 5.32 Å². The number of rotatable bonds is 3. The molecule has 2 N–H and O–H groups in total. The molecule has 0 bridgehead atoms. The summed E-state index contributed by atoms with van der Waals surface area (Å²) in [6.07, 6.45) is 0. The van der Waals surface area contributed by atoms with Crippen LogP contribution in [-0.2, 0) is 0 Å². The summed E-state index contributed by atoms with van der Waals surface area (Å²) in [5, 5.41) is 6.75. The van der Waals surface area contributed by atoms with E-state index in [2.05, 4.69) is 52.2 Å². The summed E-state index contributed by atoms with van der Waals surface area (Å²) in [5.74, 6) is 0. The minimum atomic E-state index is 0.213. The Balaban J connectivity index is 3.35. The van der Waals surface area contributed by atoms with Gasteiger partial charge in [-0.05, 0) is 26.2 Å². The minimum absolute atomic E-state index is 0.213. The second kappa shape index (κ2) is 4.24. The van der Waals surface area contributed by atoms with E-state index in [1.165, 1.54) is 0 Å². The zero-order valence-electron chi connectivity index (χ0n) is 9.41. The molecule has 0 aromatic rings. The Bertz CT molecular complexity index is 101. The SMILES string of the molecule is CC(C)(C)CNCNC(C)(C)C. The number of nitrogens with one attached hydrogen (secondary N) is 2. The normalized spacial score (nSPS) is 13.5. The van der Waals surface area contributed by atoms with Gasteiger partial charge in [-0.3, -0.25) is 5.32 Å². The van der Waals surface area contributed by atoms with Crippen LogP contribution in [0.1, 0.15) is 41.5 Å². The first-order chi connectivity index (χ1) is 5.21. The van der Waals surface area contributed by atoms with Crippen LogP contribution >= 0.6 is 0 Å².